The Balaban J connectivity index is 2.02. The van der Waals surface area contributed by atoms with Gasteiger partial charge < -0.3 is 14.4 Å². The SMILES string of the molecule is Cc1ccc(C(=O)N2CCCc3cccc(O)c32)o1. The molecule has 1 amide bonds. The van der Waals surface area contributed by atoms with Gasteiger partial charge in [-0.05, 0) is 43.5 Å². The number of benzene rings is 1. The molecule has 1 aliphatic heterocycles. The molecule has 0 saturated heterocycles. The van der Waals surface area contributed by atoms with Crippen LogP contribution in [0.3, 0.4) is 0 Å². The van der Waals surface area contributed by atoms with Crippen LogP contribution in [0.2, 0.25) is 0 Å². The number of para-hydroxylation sites is 1. The lowest BCUT2D eigenvalue weighted by Crippen LogP contribution is -2.35. The second-order valence-corrected chi connectivity index (χ2v) is 4.76. The molecular formula is C15H15NO3. The minimum Gasteiger partial charge on any atom is -0.506 e. The van der Waals surface area contributed by atoms with Crippen molar-refractivity contribution in [1.82, 2.24) is 0 Å². The van der Waals surface area contributed by atoms with Crippen LogP contribution in [-0.2, 0) is 6.42 Å². The zero-order valence-electron chi connectivity index (χ0n) is 10.7. The molecule has 1 aliphatic rings. The molecule has 0 unspecified atom stereocenters. The Bertz CT molecular complexity index is 630. The first kappa shape index (κ1) is 11.8. The minimum absolute atomic E-state index is 0.147. The summed E-state index contributed by atoms with van der Waals surface area (Å²) in [5.41, 5.74) is 1.62. The average molecular weight is 257 g/mol. The maximum Gasteiger partial charge on any atom is 0.294 e. The number of aromatic hydroxyl groups is 1. The number of anilines is 1. The van der Waals surface area contributed by atoms with Crippen LogP contribution < -0.4 is 4.90 Å². The Kier molecular flexibility index (Phi) is 2.78. The van der Waals surface area contributed by atoms with Crippen LogP contribution in [0.4, 0.5) is 5.69 Å². The molecule has 0 aliphatic carbocycles. The minimum atomic E-state index is -0.199. The smallest absolute Gasteiger partial charge is 0.294 e. The summed E-state index contributed by atoms with van der Waals surface area (Å²) >= 11 is 0. The molecule has 2 aromatic rings. The Morgan fingerprint density at radius 2 is 2.16 bits per heavy atom. The fraction of sp³-hybridized carbons (Fsp3) is 0.267. The highest BCUT2D eigenvalue weighted by Gasteiger charge is 2.27. The number of carbonyl (C=O) groups is 1. The number of hydrogen-bond donors (Lipinski definition) is 1. The van der Waals surface area contributed by atoms with E-state index in [0.29, 0.717) is 23.8 Å². The van der Waals surface area contributed by atoms with Crippen molar-refractivity contribution in [3.05, 3.63) is 47.4 Å². The summed E-state index contributed by atoms with van der Waals surface area (Å²) < 4.78 is 5.38. The highest BCUT2D eigenvalue weighted by Crippen LogP contribution is 2.36. The van der Waals surface area contributed by atoms with Crippen LogP contribution in [0.25, 0.3) is 0 Å². The topological polar surface area (TPSA) is 53.7 Å². The standard InChI is InChI=1S/C15H15NO3/c1-10-7-8-13(19-10)15(18)16-9-3-5-11-4-2-6-12(17)14(11)16/h2,4,6-8,17H,3,5,9H2,1H3. The van der Waals surface area contributed by atoms with Crippen molar-refractivity contribution < 1.29 is 14.3 Å². The maximum absolute atomic E-state index is 12.4. The highest BCUT2D eigenvalue weighted by atomic mass is 16.3. The number of hydrogen-bond acceptors (Lipinski definition) is 3. The predicted octanol–water partition coefficient (Wildman–Crippen LogP) is 2.89. The van der Waals surface area contributed by atoms with E-state index in [9.17, 15) is 9.90 Å². The number of amides is 1. The molecule has 1 aromatic heterocycles. The van der Waals surface area contributed by atoms with Crippen molar-refractivity contribution in [2.45, 2.75) is 19.8 Å². The molecule has 0 fully saturated rings. The summed E-state index contributed by atoms with van der Waals surface area (Å²) in [6, 6.07) is 8.80. The number of nitrogens with zero attached hydrogens (tertiary/aromatic N) is 1. The second-order valence-electron chi connectivity index (χ2n) is 4.76. The molecular weight excluding hydrogens is 242 g/mol. The average Bonchev–Trinajstić information content (AvgIpc) is 2.84. The van der Waals surface area contributed by atoms with Gasteiger partial charge in [-0.1, -0.05) is 12.1 Å². The van der Waals surface area contributed by atoms with Crippen LogP contribution in [0, 0.1) is 6.92 Å². The lowest BCUT2D eigenvalue weighted by Gasteiger charge is -2.29. The first-order chi connectivity index (χ1) is 9.16. The van der Waals surface area contributed by atoms with Gasteiger partial charge in [0.05, 0.1) is 5.69 Å². The zero-order valence-corrected chi connectivity index (χ0v) is 10.7. The van der Waals surface area contributed by atoms with Gasteiger partial charge in [-0.3, -0.25) is 4.79 Å². The van der Waals surface area contributed by atoms with Crippen molar-refractivity contribution in [2.24, 2.45) is 0 Å². The molecule has 4 nitrogen and oxygen atoms in total. The zero-order chi connectivity index (χ0) is 13.4. The number of phenols is 1. The van der Waals surface area contributed by atoms with E-state index in [1.165, 1.54) is 0 Å². The lowest BCUT2D eigenvalue weighted by atomic mass is 10.0. The van der Waals surface area contributed by atoms with E-state index in [4.69, 9.17) is 4.42 Å². The van der Waals surface area contributed by atoms with Gasteiger partial charge in [0.15, 0.2) is 5.76 Å². The van der Waals surface area contributed by atoms with Crippen molar-refractivity contribution >= 4 is 11.6 Å². The first-order valence-corrected chi connectivity index (χ1v) is 6.36. The van der Waals surface area contributed by atoms with E-state index in [-0.39, 0.29) is 11.7 Å². The van der Waals surface area contributed by atoms with Gasteiger partial charge in [0, 0.05) is 6.54 Å². The highest BCUT2D eigenvalue weighted by molar-refractivity contribution is 6.05. The molecule has 3 rings (SSSR count). The third-order valence-corrected chi connectivity index (χ3v) is 3.39. The molecule has 1 N–H and O–H groups in total. The quantitative estimate of drug-likeness (QED) is 0.854. The second kappa shape index (κ2) is 4.46. The van der Waals surface area contributed by atoms with E-state index in [1.807, 2.05) is 6.07 Å². The van der Waals surface area contributed by atoms with E-state index in [0.717, 1.165) is 18.4 Å². The van der Waals surface area contributed by atoms with Crippen LogP contribution in [-0.4, -0.2) is 17.6 Å². The van der Waals surface area contributed by atoms with E-state index in [2.05, 4.69) is 0 Å². The summed E-state index contributed by atoms with van der Waals surface area (Å²) in [5.74, 6) is 0.968. The van der Waals surface area contributed by atoms with E-state index in [1.54, 1.807) is 36.1 Å². The summed E-state index contributed by atoms with van der Waals surface area (Å²) in [6.07, 6.45) is 1.77. The van der Waals surface area contributed by atoms with Gasteiger partial charge in [-0.15, -0.1) is 0 Å². The lowest BCUT2D eigenvalue weighted by molar-refractivity contribution is 0.0956. The Morgan fingerprint density at radius 1 is 1.32 bits per heavy atom. The normalized spacial score (nSPS) is 14.3. The van der Waals surface area contributed by atoms with Crippen molar-refractivity contribution in [2.75, 3.05) is 11.4 Å². The van der Waals surface area contributed by atoms with Crippen LogP contribution >= 0.6 is 0 Å². The Morgan fingerprint density at radius 3 is 2.89 bits per heavy atom. The Labute approximate surface area is 111 Å². The maximum atomic E-state index is 12.4. The molecule has 0 bridgehead atoms. The number of phenolic OH excluding ortho intramolecular Hbond substituents is 1. The van der Waals surface area contributed by atoms with Crippen LogP contribution in [0.5, 0.6) is 5.75 Å². The Hall–Kier alpha value is -2.23. The fourth-order valence-electron chi connectivity index (χ4n) is 2.52. The summed E-state index contributed by atoms with van der Waals surface area (Å²) in [5, 5.41) is 10.0. The number of carbonyl (C=O) groups excluding carboxylic acids is 1. The third kappa shape index (κ3) is 1.99. The van der Waals surface area contributed by atoms with E-state index >= 15 is 0 Å². The molecule has 0 radical (unpaired) electrons. The predicted molar refractivity (Wildman–Crippen MR) is 71.5 cm³/mol. The van der Waals surface area contributed by atoms with Crippen LogP contribution in [0.1, 0.15) is 28.3 Å². The monoisotopic (exact) mass is 257 g/mol. The number of rotatable bonds is 1. The summed E-state index contributed by atoms with van der Waals surface area (Å²) in [6.45, 7) is 2.40. The largest absolute Gasteiger partial charge is 0.506 e. The molecule has 0 atom stereocenters. The van der Waals surface area contributed by atoms with Gasteiger partial charge in [0.25, 0.3) is 5.91 Å². The van der Waals surface area contributed by atoms with Crippen molar-refractivity contribution in [1.29, 1.82) is 0 Å². The number of aryl methyl sites for hydroxylation is 2. The van der Waals surface area contributed by atoms with Crippen LogP contribution in [0.15, 0.2) is 34.7 Å². The fourth-order valence-corrected chi connectivity index (χ4v) is 2.52. The van der Waals surface area contributed by atoms with Gasteiger partial charge in [-0.2, -0.15) is 0 Å². The molecule has 1 aromatic carbocycles. The summed E-state index contributed by atoms with van der Waals surface area (Å²) in [7, 11) is 0. The molecule has 0 spiro atoms. The molecule has 98 valence electrons. The van der Waals surface area contributed by atoms with Gasteiger partial charge >= 0.3 is 0 Å². The van der Waals surface area contributed by atoms with Crippen molar-refractivity contribution in [3.63, 3.8) is 0 Å². The molecule has 0 saturated carbocycles. The molecule has 4 heteroatoms. The van der Waals surface area contributed by atoms with Crippen molar-refractivity contribution in [3.8, 4) is 5.75 Å². The molecule has 19 heavy (non-hydrogen) atoms. The summed E-state index contributed by atoms with van der Waals surface area (Å²) in [4.78, 5) is 14.1. The third-order valence-electron chi connectivity index (χ3n) is 3.39. The first-order valence-electron chi connectivity index (χ1n) is 6.36. The number of furan rings is 1. The van der Waals surface area contributed by atoms with Gasteiger partial charge in [0.1, 0.15) is 11.5 Å². The molecule has 2 heterocycles. The van der Waals surface area contributed by atoms with E-state index < -0.39 is 0 Å². The van der Waals surface area contributed by atoms with Gasteiger partial charge in [-0.25, -0.2) is 0 Å². The van der Waals surface area contributed by atoms with Gasteiger partial charge in [0.2, 0.25) is 0 Å². The number of fused-ring (bicyclic) bond motifs is 1.